The van der Waals surface area contributed by atoms with E-state index in [0.29, 0.717) is 18.2 Å². The number of thiocarbonyl (C=S) groups is 1. The summed E-state index contributed by atoms with van der Waals surface area (Å²) in [5.74, 6) is 0. The van der Waals surface area contributed by atoms with Gasteiger partial charge in [0.15, 0.2) is 5.11 Å². The van der Waals surface area contributed by atoms with Crippen molar-refractivity contribution in [3.63, 3.8) is 0 Å². The van der Waals surface area contributed by atoms with Gasteiger partial charge in [0, 0.05) is 19.1 Å². The zero-order chi connectivity index (χ0) is 14.7. The molecule has 120 valence electrons. The van der Waals surface area contributed by atoms with Crippen LogP contribution in [-0.4, -0.2) is 65.9 Å². The lowest BCUT2D eigenvalue weighted by atomic mass is 9.90. The number of hydrogen-bond acceptors (Lipinski definition) is 3. The van der Waals surface area contributed by atoms with Gasteiger partial charge < -0.3 is 15.0 Å². The molecule has 0 radical (unpaired) electrons. The Morgan fingerprint density at radius 3 is 2.90 bits per heavy atom. The van der Waals surface area contributed by atoms with E-state index < -0.39 is 0 Å². The van der Waals surface area contributed by atoms with Gasteiger partial charge in [0.2, 0.25) is 0 Å². The molecular formula is C16H29N3OS. The molecule has 1 aliphatic carbocycles. The number of likely N-dealkylation sites (tertiary alicyclic amines) is 1. The molecule has 3 rings (SSSR count). The lowest BCUT2D eigenvalue weighted by Crippen LogP contribution is -2.58. The third kappa shape index (κ3) is 3.51. The molecule has 3 aliphatic rings. The van der Waals surface area contributed by atoms with Crippen molar-refractivity contribution in [1.82, 2.24) is 15.1 Å². The average Bonchev–Trinajstić information content (AvgIpc) is 2.99. The molecule has 3 fully saturated rings. The number of fused-ring (bicyclic) bond motifs is 1. The molecule has 0 aromatic heterocycles. The smallest absolute Gasteiger partial charge is 0.169 e. The molecule has 1 saturated carbocycles. The molecular weight excluding hydrogens is 282 g/mol. The van der Waals surface area contributed by atoms with Gasteiger partial charge in [-0.25, -0.2) is 0 Å². The molecule has 2 aliphatic heterocycles. The summed E-state index contributed by atoms with van der Waals surface area (Å²) >= 11 is 5.69. The molecule has 0 aromatic rings. The molecule has 2 heterocycles. The van der Waals surface area contributed by atoms with Gasteiger partial charge in [-0.3, -0.25) is 4.90 Å². The molecule has 3 atom stereocenters. The first-order chi connectivity index (χ1) is 10.3. The highest BCUT2D eigenvalue weighted by Gasteiger charge is 2.35. The second-order valence-corrected chi connectivity index (χ2v) is 6.95. The van der Waals surface area contributed by atoms with Gasteiger partial charge in [-0.2, -0.15) is 0 Å². The normalized spacial score (nSPS) is 33.8. The highest BCUT2D eigenvalue weighted by Crippen LogP contribution is 2.28. The van der Waals surface area contributed by atoms with Gasteiger partial charge >= 0.3 is 0 Å². The van der Waals surface area contributed by atoms with Crippen molar-refractivity contribution < 1.29 is 4.74 Å². The maximum atomic E-state index is 5.94. The Bertz CT molecular complexity index is 363. The van der Waals surface area contributed by atoms with Crippen LogP contribution in [0.25, 0.3) is 0 Å². The SMILES string of the molecule is CCN1CCCC1CNC(=S)N1CCOC2CCCCC21. The molecule has 0 amide bonds. The molecule has 3 unspecified atom stereocenters. The topological polar surface area (TPSA) is 27.7 Å². The van der Waals surface area contributed by atoms with Gasteiger partial charge in [0.25, 0.3) is 0 Å². The van der Waals surface area contributed by atoms with Crippen molar-refractivity contribution in [2.45, 2.75) is 63.6 Å². The van der Waals surface area contributed by atoms with Gasteiger partial charge in [-0.1, -0.05) is 19.8 Å². The Hall–Kier alpha value is -0.390. The van der Waals surface area contributed by atoms with Crippen LogP contribution in [0.4, 0.5) is 0 Å². The Kier molecular flexibility index (Phi) is 5.35. The van der Waals surface area contributed by atoms with Crippen molar-refractivity contribution in [3.8, 4) is 0 Å². The van der Waals surface area contributed by atoms with Gasteiger partial charge in [-0.05, 0) is 51.0 Å². The summed E-state index contributed by atoms with van der Waals surface area (Å²) in [5, 5.41) is 4.51. The summed E-state index contributed by atoms with van der Waals surface area (Å²) in [7, 11) is 0. The molecule has 2 saturated heterocycles. The Balaban J connectivity index is 1.52. The molecule has 4 nitrogen and oxygen atoms in total. The van der Waals surface area contributed by atoms with Gasteiger partial charge in [-0.15, -0.1) is 0 Å². The van der Waals surface area contributed by atoms with E-state index in [1.165, 1.54) is 45.1 Å². The Morgan fingerprint density at radius 1 is 1.19 bits per heavy atom. The second-order valence-electron chi connectivity index (χ2n) is 6.57. The summed E-state index contributed by atoms with van der Waals surface area (Å²) in [5.41, 5.74) is 0. The zero-order valence-corrected chi connectivity index (χ0v) is 14.0. The van der Waals surface area contributed by atoms with Crippen LogP contribution in [0, 0.1) is 0 Å². The molecule has 0 spiro atoms. The standard InChI is InChI=1S/C16H29N3OS/c1-2-18-9-5-6-13(18)12-17-16(21)19-10-11-20-15-8-4-3-7-14(15)19/h13-15H,2-12H2,1H3,(H,17,21). The van der Waals surface area contributed by atoms with Crippen LogP contribution in [0.15, 0.2) is 0 Å². The maximum absolute atomic E-state index is 5.94. The van der Waals surface area contributed by atoms with Crippen molar-refractivity contribution in [1.29, 1.82) is 0 Å². The quantitative estimate of drug-likeness (QED) is 0.805. The number of rotatable bonds is 3. The first-order valence-electron chi connectivity index (χ1n) is 8.69. The van der Waals surface area contributed by atoms with E-state index >= 15 is 0 Å². The van der Waals surface area contributed by atoms with Crippen molar-refractivity contribution >= 4 is 17.3 Å². The number of nitrogens with zero attached hydrogens (tertiary/aromatic N) is 2. The van der Waals surface area contributed by atoms with Crippen molar-refractivity contribution in [3.05, 3.63) is 0 Å². The van der Waals surface area contributed by atoms with Crippen LogP contribution >= 0.6 is 12.2 Å². The maximum Gasteiger partial charge on any atom is 0.169 e. The van der Waals surface area contributed by atoms with Crippen LogP contribution in [0.3, 0.4) is 0 Å². The first-order valence-corrected chi connectivity index (χ1v) is 9.10. The number of hydrogen-bond donors (Lipinski definition) is 1. The number of morpholine rings is 1. The van der Waals surface area contributed by atoms with E-state index in [2.05, 4.69) is 22.0 Å². The highest BCUT2D eigenvalue weighted by molar-refractivity contribution is 7.80. The van der Waals surface area contributed by atoms with E-state index in [0.717, 1.165) is 31.4 Å². The second kappa shape index (κ2) is 7.25. The fraction of sp³-hybridized carbons (Fsp3) is 0.938. The lowest BCUT2D eigenvalue weighted by Gasteiger charge is -2.45. The molecule has 0 aromatic carbocycles. The fourth-order valence-electron chi connectivity index (χ4n) is 4.20. The summed E-state index contributed by atoms with van der Waals surface area (Å²) in [4.78, 5) is 4.98. The Morgan fingerprint density at radius 2 is 2.05 bits per heavy atom. The summed E-state index contributed by atoms with van der Waals surface area (Å²) in [6.07, 6.45) is 8.10. The van der Waals surface area contributed by atoms with Gasteiger partial charge in [0.05, 0.1) is 18.8 Å². The first kappa shape index (κ1) is 15.5. The number of ether oxygens (including phenoxy) is 1. The average molecular weight is 311 g/mol. The Labute approximate surface area is 134 Å². The molecule has 21 heavy (non-hydrogen) atoms. The van der Waals surface area contributed by atoms with Gasteiger partial charge in [0.1, 0.15) is 0 Å². The van der Waals surface area contributed by atoms with Crippen LogP contribution in [-0.2, 0) is 4.74 Å². The van der Waals surface area contributed by atoms with Crippen LogP contribution in [0.5, 0.6) is 0 Å². The number of nitrogens with one attached hydrogen (secondary N) is 1. The zero-order valence-electron chi connectivity index (χ0n) is 13.2. The fourth-order valence-corrected chi connectivity index (χ4v) is 4.51. The predicted octanol–water partition coefficient (Wildman–Crippen LogP) is 1.99. The van der Waals surface area contributed by atoms with E-state index in [1.54, 1.807) is 0 Å². The van der Waals surface area contributed by atoms with E-state index in [9.17, 15) is 0 Å². The van der Waals surface area contributed by atoms with Crippen molar-refractivity contribution in [2.24, 2.45) is 0 Å². The minimum atomic E-state index is 0.408. The van der Waals surface area contributed by atoms with Crippen LogP contribution in [0.1, 0.15) is 45.4 Å². The molecule has 5 heteroatoms. The highest BCUT2D eigenvalue weighted by atomic mass is 32.1. The number of likely N-dealkylation sites (N-methyl/N-ethyl adjacent to an activating group) is 1. The van der Waals surface area contributed by atoms with E-state index in [4.69, 9.17) is 17.0 Å². The third-order valence-corrected chi connectivity index (χ3v) is 5.77. The third-order valence-electron chi connectivity index (χ3n) is 5.39. The van der Waals surface area contributed by atoms with E-state index in [1.807, 2.05) is 0 Å². The summed E-state index contributed by atoms with van der Waals surface area (Å²) in [6.45, 7) is 7.44. The lowest BCUT2D eigenvalue weighted by molar-refractivity contribution is -0.0639. The van der Waals surface area contributed by atoms with Crippen molar-refractivity contribution in [2.75, 3.05) is 32.8 Å². The van der Waals surface area contributed by atoms with Crippen LogP contribution < -0.4 is 5.32 Å². The monoisotopic (exact) mass is 311 g/mol. The summed E-state index contributed by atoms with van der Waals surface area (Å²) in [6, 6.07) is 1.18. The minimum absolute atomic E-state index is 0.408. The van der Waals surface area contributed by atoms with E-state index in [-0.39, 0.29) is 0 Å². The van der Waals surface area contributed by atoms with Crippen LogP contribution in [0.2, 0.25) is 0 Å². The molecule has 0 bridgehead atoms. The summed E-state index contributed by atoms with van der Waals surface area (Å²) < 4.78 is 5.94. The largest absolute Gasteiger partial charge is 0.374 e. The minimum Gasteiger partial charge on any atom is -0.374 e. The molecule has 1 N–H and O–H groups in total. The predicted molar refractivity (Wildman–Crippen MR) is 89.6 cm³/mol.